The van der Waals surface area contributed by atoms with E-state index in [4.69, 9.17) is 0 Å². The largest absolute Gasteiger partial charge is 0.412 e. The first-order valence-corrected chi connectivity index (χ1v) is 4.97. The highest BCUT2D eigenvalue weighted by Crippen LogP contribution is 2.39. The van der Waals surface area contributed by atoms with Crippen molar-refractivity contribution in [3.63, 3.8) is 0 Å². The number of rotatable bonds is 0. The zero-order valence-electron chi connectivity index (χ0n) is 7.81. The van der Waals surface area contributed by atoms with Gasteiger partial charge in [0.1, 0.15) is 0 Å². The summed E-state index contributed by atoms with van der Waals surface area (Å²) in [4.78, 5) is 0. The third-order valence-corrected chi connectivity index (χ3v) is 3.47. The van der Waals surface area contributed by atoms with Crippen LogP contribution in [-0.2, 0) is 0 Å². The fourth-order valence-corrected chi connectivity index (χ4v) is 2.86. The molecule has 0 amide bonds. The molecule has 2 nitrogen and oxygen atoms in total. The van der Waals surface area contributed by atoms with Crippen LogP contribution in [0.5, 0.6) is 0 Å². The molecule has 2 rings (SSSR count). The average Bonchev–Trinajstić information content (AvgIpc) is 2.05. The fourth-order valence-electron chi connectivity index (χ4n) is 2.86. The van der Waals surface area contributed by atoms with E-state index in [-0.39, 0.29) is 11.0 Å². The van der Waals surface area contributed by atoms with E-state index in [1.165, 1.54) is 25.7 Å². The molecule has 0 aromatic heterocycles. The minimum atomic E-state index is 0. The van der Waals surface area contributed by atoms with Crippen LogP contribution >= 0.6 is 0 Å². The van der Waals surface area contributed by atoms with Gasteiger partial charge in [0.2, 0.25) is 0 Å². The second-order valence-corrected chi connectivity index (χ2v) is 4.09. The van der Waals surface area contributed by atoms with Crippen LogP contribution in [0.25, 0.3) is 0 Å². The van der Waals surface area contributed by atoms with Crippen molar-refractivity contribution in [3.8, 4) is 0 Å². The second-order valence-electron chi connectivity index (χ2n) is 4.09. The van der Waals surface area contributed by atoms with E-state index >= 15 is 0 Å². The van der Waals surface area contributed by atoms with Crippen LogP contribution in [0.2, 0.25) is 0 Å². The Morgan fingerprint density at radius 2 is 0.750 bits per heavy atom. The molecular formula is C10H22O2. The van der Waals surface area contributed by atoms with E-state index in [0.717, 1.165) is 11.8 Å². The van der Waals surface area contributed by atoms with Gasteiger partial charge in [-0.1, -0.05) is 51.4 Å². The van der Waals surface area contributed by atoms with Gasteiger partial charge in [-0.2, -0.15) is 0 Å². The first kappa shape index (κ1) is 11.9. The normalized spacial score (nSPS) is 34.0. The van der Waals surface area contributed by atoms with Crippen molar-refractivity contribution in [3.05, 3.63) is 0 Å². The summed E-state index contributed by atoms with van der Waals surface area (Å²) in [5.74, 6) is 2.31. The molecule has 0 spiro atoms. The number of hydrogen-bond acceptors (Lipinski definition) is 0. The van der Waals surface area contributed by atoms with E-state index in [1.54, 1.807) is 25.7 Å². The summed E-state index contributed by atoms with van der Waals surface area (Å²) < 4.78 is 0. The third kappa shape index (κ3) is 2.46. The maximum atomic E-state index is 1.56. The van der Waals surface area contributed by atoms with Gasteiger partial charge in [-0.15, -0.1) is 0 Å². The van der Waals surface area contributed by atoms with E-state index in [2.05, 4.69) is 0 Å². The summed E-state index contributed by atoms with van der Waals surface area (Å²) in [7, 11) is 0. The lowest BCUT2D eigenvalue weighted by Crippen LogP contribution is -2.22. The van der Waals surface area contributed by atoms with Crippen molar-refractivity contribution in [2.24, 2.45) is 11.8 Å². The van der Waals surface area contributed by atoms with Gasteiger partial charge in [-0.05, 0) is 11.8 Å². The van der Waals surface area contributed by atoms with Crippen molar-refractivity contribution in [1.82, 2.24) is 0 Å². The molecule has 0 heterocycles. The van der Waals surface area contributed by atoms with E-state index in [9.17, 15) is 0 Å². The molecule has 12 heavy (non-hydrogen) atoms. The summed E-state index contributed by atoms with van der Waals surface area (Å²) in [6.45, 7) is 0. The van der Waals surface area contributed by atoms with Crippen LogP contribution in [0.15, 0.2) is 0 Å². The fraction of sp³-hybridized carbons (Fsp3) is 1.00. The molecule has 4 N–H and O–H groups in total. The van der Waals surface area contributed by atoms with Crippen molar-refractivity contribution < 1.29 is 11.0 Å². The molecule has 0 saturated heterocycles. The van der Waals surface area contributed by atoms with Crippen LogP contribution in [0, 0.1) is 11.8 Å². The van der Waals surface area contributed by atoms with Gasteiger partial charge in [-0.3, -0.25) is 0 Å². The van der Waals surface area contributed by atoms with Gasteiger partial charge in [0.15, 0.2) is 0 Å². The minimum Gasteiger partial charge on any atom is -0.412 e. The highest BCUT2D eigenvalue weighted by Gasteiger charge is 2.26. The first-order chi connectivity index (χ1) is 4.97. The molecule has 0 atom stereocenters. The monoisotopic (exact) mass is 174 g/mol. The smallest absolute Gasteiger partial charge is 0.0386 e. The quantitative estimate of drug-likeness (QED) is 0.537. The molecule has 2 aliphatic rings. The predicted molar refractivity (Wildman–Crippen MR) is 51.1 cm³/mol. The van der Waals surface area contributed by atoms with Crippen LogP contribution in [0.4, 0.5) is 0 Å². The Morgan fingerprint density at radius 1 is 0.500 bits per heavy atom. The average molecular weight is 174 g/mol. The molecule has 0 aliphatic heterocycles. The van der Waals surface area contributed by atoms with Gasteiger partial charge in [0.25, 0.3) is 0 Å². The standard InChI is InChI=1S/C10H18.2H2O/c1-2-6-10-8-4-3-7-9(10)5-1;;/h9-10H,1-8H2;2*1H2. The van der Waals surface area contributed by atoms with Gasteiger partial charge in [0, 0.05) is 0 Å². The molecule has 0 unspecified atom stereocenters. The van der Waals surface area contributed by atoms with Crippen LogP contribution < -0.4 is 0 Å². The highest BCUT2D eigenvalue weighted by molar-refractivity contribution is 4.78. The molecule has 2 saturated carbocycles. The van der Waals surface area contributed by atoms with Gasteiger partial charge in [0.05, 0.1) is 0 Å². The Balaban J connectivity index is 0.000000605. The predicted octanol–water partition coefficient (Wildman–Crippen LogP) is 1.72. The maximum absolute atomic E-state index is 1.56. The van der Waals surface area contributed by atoms with Gasteiger partial charge < -0.3 is 11.0 Å². The number of hydrogen-bond donors (Lipinski definition) is 0. The van der Waals surface area contributed by atoms with Crippen molar-refractivity contribution in [1.29, 1.82) is 0 Å². The Bertz CT molecular complexity index is 88.4. The van der Waals surface area contributed by atoms with Gasteiger partial charge >= 0.3 is 0 Å². The number of fused-ring (bicyclic) bond motifs is 1. The molecule has 2 fully saturated rings. The Hall–Kier alpha value is -0.0800. The summed E-state index contributed by atoms with van der Waals surface area (Å²) in [5.41, 5.74) is 0. The minimum absolute atomic E-state index is 0. The molecule has 74 valence electrons. The van der Waals surface area contributed by atoms with Crippen LogP contribution in [0.1, 0.15) is 51.4 Å². The third-order valence-electron chi connectivity index (χ3n) is 3.47. The van der Waals surface area contributed by atoms with Crippen LogP contribution in [0.3, 0.4) is 0 Å². The topological polar surface area (TPSA) is 63.0 Å². The Morgan fingerprint density at radius 3 is 1.00 bits per heavy atom. The van der Waals surface area contributed by atoms with E-state index in [1.807, 2.05) is 0 Å². The molecule has 0 bridgehead atoms. The van der Waals surface area contributed by atoms with Crippen LogP contribution in [-0.4, -0.2) is 11.0 Å². The highest BCUT2D eigenvalue weighted by atomic mass is 16.0. The van der Waals surface area contributed by atoms with Crippen molar-refractivity contribution >= 4 is 0 Å². The molecular weight excluding hydrogens is 152 g/mol. The lowest BCUT2D eigenvalue weighted by Gasteiger charge is -2.35. The maximum Gasteiger partial charge on any atom is -0.0386 e. The Labute approximate surface area is 75.0 Å². The Kier molecular flexibility index (Phi) is 5.51. The van der Waals surface area contributed by atoms with E-state index in [0.29, 0.717) is 0 Å². The SMILES string of the molecule is C1CCC2CCCCC2C1.O.O. The molecule has 0 radical (unpaired) electrons. The molecule has 2 heteroatoms. The molecule has 0 aromatic rings. The molecule has 0 aromatic carbocycles. The van der Waals surface area contributed by atoms with Crippen molar-refractivity contribution in [2.75, 3.05) is 0 Å². The zero-order chi connectivity index (χ0) is 6.81. The summed E-state index contributed by atoms with van der Waals surface area (Å²) >= 11 is 0. The summed E-state index contributed by atoms with van der Waals surface area (Å²) in [6.07, 6.45) is 12.4. The second kappa shape index (κ2) is 5.55. The first-order valence-electron chi connectivity index (χ1n) is 4.97. The van der Waals surface area contributed by atoms with E-state index < -0.39 is 0 Å². The lowest BCUT2D eigenvalue weighted by atomic mass is 9.71. The molecule has 2 aliphatic carbocycles. The zero-order valence-corrected chi connectivity index (χ0v) is 7.81. The summed E-state index contributed by atoms with van der Waals surface area (Å²) in [5, 5.41) is 0. The van der Waals surface area contributed by atoms with Crippen molar-refractivity contribution in [2.45, 2.75) is 51.4 Å². The lowest BCUT2D eigenvalue weighted by molar-refractivity contribution is 0.171. The summed E-state index contributed by atoms with van der Waals surface area (Å²) in [6, 6.07) is 0. The van der Waals surface area contributed by atoms with Gasteiger partial charge in [-0.25, -0.2) is 0 Å².